The first kappa shape index (κ1) is 10.9. The van der Waals surface area contributed by atoms with Gasteiger partial charge in [0, 0.05) is 18.7 Å². The van der Waals surface area contributed by atoms with Gasteiger partial charge in [-0.1, -0.05) is 11.3 Å². The number of carbonyl (C=O) groups excluding carboxylic acids is 1. The molecule has 0 atom stereocenters. The molecular formula is C12H12N4O2. The monoisotopic (exact) mass is 244 g/mol. The maximum Gasteiger partial charge on any atom is 0.254 e. The van der Waals surface area contributed by atoms with E-state index in [9.17, 15) is 9.90 Å². The van der Waals surface area contributed by atoms with Gasteiger partial charge in [-0.15, -0.1) is 5.10 Å². The van der Waals surface area contributed by atoms with E-state index >= 15 is 0 Å². The molecule has 0 aliphatic carbocycles. The Kier molecular flexibility index (Phi) is 2.56. The lowest BCUT2D eigenvalue weighted by molar-refractivity contribution is 0.00589. The lowest BCUT2D eigenvalue weighted by Crippen LogP contribution is -2.53. The summed E-state index contributed by atoms with van der Waals surface area (Å²) in [7, 11) is 0. The van der Waals surface area contributed by atoms with E-state index in [0.717, 1.165) is 5.69 Å². The van der Waals surface area contributed by atoms with Gasteiger partial charge in [-0.2, -0.15) is 0 Å². The Bertz CT molecular complexity index is 561. The van der Waals surface area contributed by atoms with E-state index in [-0.39, 0.29) is 12.0 Å². The van der Waals surface area contributed by atoms with E-state index in [2.05, 4.69) is 10.3 Å². The van der Waals surface area contributed by atoms with E-state index < -0.39 is 0 Å². The number of aliphatic hydroxyl groups excluding tert-OH is 1. The third kappa shape index (κ3) is 1.86. The summed E-state index contributed by atoms with van der Waals surface area (Å²) in [5, 5.41) is 16.8. The molecule has 1 aliphatic rings. The van der Waals surface area contributed by atoms with Gasteiger partial charge in [0.05, 0.1) is 24.2 Å². The Morgan fingerprint density at radius 3 is 2.89 bits per heavy atom. The summed E-state index contributed by atoms with van der Waals surface area (Å²) < 4.78 is 1.60. The van der Waals surface area contributed by atoms with E-state index in [0.29, 0.717) is 18.7 Å². The van der Waals surface area contributed by atoms with Crippen LogP contribution in [0.25, 0.3) is 5.69 Å². The predicted octanol–water partition coefficient (Wildman–Crippen LogP) is 0.0840. The Morgan fingerprint density at radius 2 is 2.22 bits per heavy atom. The highest BCUT2D eigenvalue weighted by molar-refractivity contribution is 5.95. The zero-order valence-electron chi connectivity index (χ0n) is 9.60. The van der Waals surface area contributed by atoms with Crippen LogP contribution in [0.15, 0.2) is 36.7 Å². The Hall–Kier alpha value is -2.21. The van der Waals surface area contributed by atoms with Gasteiger partial charge in [-0.05, 0) is 18.2 Å². The van der Waals surface area contributed by atoms with Gasteiger partial charge < -0.3 is 10.0 Å². The molecule has 1 aromatic heterocycles. The first-order valence-corrected chi connectivity index (χ1v) is 5.68. The van der Waals surface area contributed by atoms with Crippen molar-refractivity contribution < 1.29 is 9.90 Å². The van der Waals surface area contributed by atoms with Crippen LogP contribution >= 0.6 is 0 Å². The molecule has 1 N–H and O–H groups in total. The van der Waals surface area contributed by atoms with Crippen LogP contribution in [0.4, 0.5) is 0 Å². The summed E-state index contributed by atoms with van der Waals surface area (Å²) in [5.74, 6) is -0.0673. The van der Waals surface area contributed by atoms with E-state index in [1.54, 1.807) is 40.2 Å². The lowest BCUT2D eigenvalue weighted by atomic mass is 10.1. The molecule has 18 heavy (non-hydrogen) atoms. The third-order valence-electron chi connectivity index (χ3n) is 2.93. The van der Waals surface area contributed by atoms with Crippen molar-refractivity contribution in [3.05, 3.63) is 42.2 Å². The van der Waals surface area contributed by atoms with Gasteiger partial charge >= 0.3 is 0 Å². The minimum Gasteiger partial charge on any atom is -0.389 e. The van der Waals surface area contributed by atoms with E-state index in [1.165, 1.54) is 0 Å². The van der Waals surface area contributed by atoms with Gasteiger partial charge in [0.15, 0.2) is 0 Å². The minimum absolute atomic E-state index is 0.0673. The van der Waals surface area contributed by atoms with Crippen molar-refractivity contribution in [2.45, 2.75) is 6.10 Å². The lowest BCUT2D eigenvalue weighted by Gasteiger charge is -2.35. The van der Waals surface area contributed by atoms with Gasteiger partial charge in [0.1, 0.15) is 0 Å². The molecule has 6 nitrogen and oxygen atoms in total. The summed E-state index contributed by atoms with van der Waals surface area (Å²) in [4.78, 5) is 13.7. The number of β-amino-alcohol motifs (C(OH)–C–C–N with tert-alkyl or cyclic N) is 1. The molecule has 0 bridgehead atoms. The first-order valence-electron chi connectivity index (χ1n) is 5.68. The maximum absolute atomic E-state index is 12.1. The fourth-order valence-electron chi connectivity index (χ4n) is 1.93. The van der Waals surface area contributed by atoms with Crippen molar-refractivity contribution in [2.75, 3.05) is 13.1 Å². The van der Waals surface area contributed by atoms with Crippen LogP contribution < -0.4 is 0 Å². The molecule has 1 amide bonds. The summed E-state index contributed by atoms with van der Waals surface area (Å²) in [5.41, 5.74) is 1.38. The van der Waals surface area contributed by atoms with E-state index in [1.807, 2.05) is 6.07 Å². The summed E-state index contributed by atoms with van der Waals surface area (Å²) in [6.07, 6.45) is 2.92. The molecular weight excluding hydrogens is 232 g/mol. The van der Waals surface area contributed by atoms with Crippen LogP contribution in [0.3, 0.4) is 0 Å². The van der Waals surface area contributed by atoms with Gasteiger partial charge in [0.25, 0.3) is 5.91 Å². The molecule has 1 aliphatic heterocycles. The van der Waals surface area contributed by atoms with Crippen LogP contribution in [0.1, 0.15) is 10.4 Å². The second kappa shape index (κ2) is 4.23. The fourth-order valence-corrected chi connectivity index (χ4v) is 1.93. The average Bonchev–Trinajstić information content (AvgIpc) is 2.88. The molecule has 0 spiro atoms. The highest BCUT2D eigenvalue weighted by atomic mass is 16.3. The smallest absolute Gasteiger partial charge is 0.254 e. The minimum atomic E-state index is -0.382. The highest BCUT2D eigenvalue weighted by Gasteiger charge is 2.29. The normalized spacial score (nSPS) is 15.5. The molecule has 3 rings (SSSR count). The number of hydrogen-bond acceptors (Lipinski definition) is 4. The average molecular weight is 244 g/mol. The molecule has 1 saturated heterocycles. The predicted molar refractivity (Wildman–Crippen MR) is 63.3 cm³/mol. The Balaban J connectivity index is 1.85. The topological polar surface area (TPSA) is 71.2 Å². The van der Waals surface area contributed by atoms with Crippen LogP contribution in [0.2, 0.25) is 0 Å². The molecule has 92 valence electrons. The number of carbonyl (C=O) groups is 1. The van der Waals surface area contributed by atoms with Crippen LogP contribution in [0.5, 0.6) is 0 Å². The number of aromatic nitrogens is 3. The molecule has 0 unspecified atom stereocenters. The number of amides is 1. The molecule has 1 fully saturated rings. The van der Waals surface area contributed by atoms with Crippen molar-refractivity contribution in [3.63, 3.8) is 0 Å². The summed E-state index contributed by atoms with van der Waals surface area (Å²) >= 11 is 0. The van der Waals surface area contributed by atoms with Crippen molar-refractivity contribution >= 4 is 5.91 Å². The van der Waals surface area contributed by atoms with Gasteiger partial charge in [-0.3, -0.25) is 4.79 Å². The van der Waals surface area contributed by atoms with Crippen LogP contribution in [-0.4, -0.2) is 50.1 Å². The van der Waals surface area contributed by atoms with Crippen molar-refractivity contribution in [3.8, 4) is 5.69 Å². The third-order valence-corrected chi connectivity index (χ3v) is 2.93. The number of hydrogen-bond donors (Lipinski definition) is 1. The molecule has 2 aromatic rings. The standard InChI is InChI=1S/C12H12N4O2/c17-11-7-15(8-11)12(18)9-2-1-3-10(6-9)16-5-4-13-14-16/h1-6,11,17H,7-8H2. The number of nitrogens with zero attached hydrogens (tertiary/aromatic N) is 4. The Morgan fingerprint density at radius 1 is 1.39 bits per heavy atom. The molecule has 1 aromatic carbocycles. The van der Waals surface area contributed by atoms with Crippen LogP contribution in [-0.2, 0) is 0 Å². The maximum atomic E-state index is 12.1. The molecule has 6 heteroatoms. The zero-order chi connectivity index (χ0) is 12.5. The second-order valence-electron chi connectivity index (χ2n) is 4.26. The van der Waals surface area contributed by atoms with E-state index in [4.69, 9.17) is 0 Å². The Labute approximate surface area is 103 Å². The molecule has 0 saturated carbocycles. The van der Waals surface area contributed by atoms with Gasteiger partial charge in [-0.25, -0.2) is 4.68 Å². The molecule has 0 radical (unpaired) electrons. The number of likely N-dealkylation sites (tertiary alicyclic amines) is 1. The number of benzene rings is 1. The quantitative estimate of drug-likeness (QED) is 0.812. The number of aliphatic hydroxyl groups is 1. The molecule has 2 heterocycles. The highest BCUT2D eigenvalue weighted by Crippen LogP contribution is 2.15. The fraction of sp³-hybridized carbons (Fsp3) is 0.250. The van der Waals surface area contributed by atoms with Crippen molar-refractivity contribution in [1.29, 1.82) is 0 Å². The number of rotatable bonds is 2. The SMILES string of the molecule is O=C(c1cccc(-n2ccnn2)c1)N1CC(O)C1. The van der Waals surface area contributed by atoms with Gasteiger partial charge in [0.2, 0.25) is 0 Å². The first-order chi connectivity index (χ1) is 8.74. The zero-order valence-corrected chi connectivity index (χ0v) is 9.60. The largest absolute Gasteiger partial charge is 0.389 e. The van der Waals surface area contributed by atoms with Crippen molar-refractivity contribution in [2.24, 2.45) is 0 Å². The van der Waals surface area contributed by atoms with Crippen LogP contribution in [0, 0.1) is 0 Å². The summed E-state index contributed by atoms with van der Waals surface area (Å²) in [6, 6.07) is 7.19. The van der Waals surface area contributed by atoms with Crippen molar-refractivity contribution in [1.82, 2.24) is 19.9 Å². The summed E-state index contributed by atoms with van der Waals surface area (Å²) in [6.45, 7) is 0.818. The second-order valence-corrected chi connectivity index (χ2v) is 4.26.